The Morgan fingerprint density at radius 1 is 1.53 bits per heavy atom. The van der Waals surface area contributed by atoms with Crippen LogP contribution in [-0.4, -0.2) is 31.2 Å². The molecule has 1 unspecified atom stereocenters. The van der Waals surface area contributed by atoms with Gasteiger partial charge in [0.05, 0.1) is 24.1 Å². The minimum atomic E-state index is -2.88. The summed E-state index contributed by atoms with van der Waals surface area (Å²) >= 11 is 0. The lowest BCUT2D eigenvalue weighted by molar-refractivity contribution is -0.107. The van der Waals surface area contributed by atoms with Gasteiger partial charge in [-0.2, -0.15) is 0 Å². The molecule has 2 rings (SSSR count). The summed E-state index contributed by atoms with van der Waals surface area (Å²) < 4.78 is 28.3. The lowest BCUT2D eigenvalue weighted by Crippen LogP contribution is -2.26. The maximum absolute atomic E-state index is 11.5. The zero-order valence-electron chi connectivity index (χ0n) is 9.46. The van der Waals surface area contributed by atoms with Gasteiger partial charge in [0.1, 0.15) is 12.0 Å². The highest BCUT2D eigenvalue weighted by atomic mass is 32.2. The number of aromatic nitrogens is 1. The van der Waals surface area contributed by atoms with Crippen LogP contribution >= 0.6 is 0 Å². The van der Waals surface area contributed by atoms with Gasteiger partial charge in [-0.25, -0.2) is 13.4 Å². The number of carbonyl (C=O) groups excluding carboxylic acids is 1. The van der Waals surface area contributed by atoms with Gasteiger partial charge in [0.25, 0.3) is 0 Å². The molecule has 0 spiro atoms. The normalized spacial score (nSPS) is 23.4. The van der Waals surface area contributed by atoms with E-state index in [1.807, 2.05) is 0 Å². The van der Waals surface area contributed by atoms with Gasteiger partial charge in [-0.3, -0.25) is 0 Å². The third-order valence-electron chi connectivity index (χ3n) is 2.91. The Morgan fingerprint density at radius 3 is 3.06 bits per heavy atom. The summed E-state index contributed by atoms with van der Waals surface area (Å²) in [5.41, 5.74) is 0. The highest BCUT2D eigenvalue weighted by molar-refractivity contribution is 7.91. The molecule has 0 saturated carbocycles. The van der Waals surface area contributed by atoms with Crippen molar-refractivity contribution in [1.82, 2.24) is 4.98 Å². The quantitative estimate of drug-likeness (QED) is 0.745. The van der Waals surface area contributed by atoms with Gasteiger partial charge in [0.2, 0.25) is 0 Å². The molecular weight excluding hydrogens is 242 g/mol. The molecule has 0 radical (unpaired) electrons. The van der Waals surface area contributed by atoms with Gasteiger partial charge in [0, 0.05) is 6.42 Å². The van der Waals surface area contributed by atoms with Crippen molar-refractivity contribution in [2.75, 3.05) is 11.5 Å². The van der Waals surface area contributed by atoms with Crippen molar-refractivity contribution in [2.45, 2.75) is 25.7 Å². The molecule has 17 heavy (non-hydrogen) atoms. The molecule has 1 fully saturated rings. The van der Waals surface area contributed by atoms with Crippen molar-refractivity contribution in [1.29, 1.82) is 0 Å². The second-order valence-corrected chi connectivity index (χ2v) is 6.65. The van der Waals surface area contributed by atoms with Crippen molar-refractivity contribution in [3.05, 3.63) is 17.8 Å². The van der Waals surface area contributed by atoms with Gasteiger partial charge in [0.15, 0.2) is 15.7 Å². The van der Waals surface area contributed by atoms with Crippen LogP contribution in [0.5, 0.6) is 0 Å². The fourth-order valence-electron chi connectivity index (χ4n) is 2.14. The first-order valence-corrected chi connectivity index (χ1v) is 7.49. The van der Waals surface area contributed by atoms with E-state index in [2.05, 4.69) is 4.98 Å². The summed E-state index contributed by atoms with van der Waals surface area (Å²) in [5, 5.41) is 0. The Bertz CT molecular complexity index is 491. The van der Waals surface area contributed by atoms with E-state index in [0.29, 0.717) is 23.8 Å². The summed E-state index contributed by atoms with van der Waals surface area (Å²) in [6, 6.07) is 0. The van der Waals surface area contributed by atoms with Crippen LogP contribution in [0.4, 0.5) is 0 Å². The SMILES string of the molecule is O=CCc1cnc(CC2CCCS(=O)(=O)C2)o1. The summed E-state index contributed by atoms with van der Waals surface area (Å²) in [6.07, 6.45) is 4.66. The van der Waals surface area contributed by atoms with Crippen molar-refractivity contribution >= 4 is 16.1 Å². The van der Waals surface area contributed by atoms with Crippen molar-refractivity contribution in [3.63, 3.8) is 0 Å². The predicted octanol–water partition coefficient (Wildman–Crippen LogP) is 0.783. The van der Waals surface area contributed by atoms with Gasteiger partial charge in [-0.05, 0) is 18.8 Å². The number of carbonyl (C=O) groups is 1. The first-order valence-electron chi connectivity index (χ1n) is 5.67. The third-order valence-corrected chi connectivity index (χ3v) is 4.80. The second-order valence-electron chi connectivity index (χ2n) is 4.42. The molecule has 2 heterocycles. The zero-order valence-corrected chi connectivity index (χ0v) is 10.3. The summed E-state index contributed by atoms with van der Waals surface area (Å²) in [7, 11) is -2.88. The standard InChI is InChI=1S/C11H15NO4S/c13-4-3-10-7-12-11(16-10)6-9-2-1-5-17(14,15)8-9/h4,7,9H,1-3,5-6,8H2. The van der Waals surface area contributed by atoms with E-state index in [0.717, 1.165) is 19.1 Å². The average Bonchev–Trinajstić information content (AvgIpc) is 2.64. The van der Waals surface area contributed by atoms with Crippen molar-refractivity contribution < 1.29 is 17.6 Å². The summed E-state index contributed by atoms with van der Waals surface area (Å²) in [4.78, 5) is 14.3. The highest BCUT2D eigenvalue weighted by Crippen LogP contribution is 2.22. The summed E-state index contributed by atoms with van der Waals surface area (Å²) in [6.45, 7) is 0. The van der Waals surface area contributed by atoms with Gasteiger partial charge in [-0.1, -0.05) is 0 Å². The first-order chi connectivity index (χ1) is 8.09. The van der Waals surface area contributed by atoms with Crippen LogP contribution in [0.3, 0.4) is 0 Å². The fourth-order valence-corrected chi connectivity index (χ4v) is 3.92. The maximum Gasteiger partial charge on any atom is 0.194 e. The zero-order chi connectivity index (χ0) is 12.3. The molecule has 0 bridgehead atoms. The highest BCUT2D eigenvalue weighted by Gasteiger charge is 2.26. The Hall–Kier alpha value is -1.17. The number of sulfone groups is 1. The number of hydrogen-bond acceptors (Lipinski definition) is 5. The third kappa shape index (κ3) is 3.39. The number of oxazole rings is 1. The second kappa shape index (κ2) is 5.00. The van der Waals surface area contributed by atoms with Gasteiger partial charge >= 0.3 is 0 Å². The topological polar surface area (TPSA) is 77.2 Å². The van der Waals surface area contributed by atoms with Crippen LogP contribution in [0.25, 0.3) is 0 Å². The van der Waals surface area contributed by atoms with E-state index in [1.165, 1.54) is 6.20 Å². The molecule has 1 aromatic rings. The van der Waals surface area contributed by atoms with E-state index >= 15 is 0 Å². The fraction of sp³-hybridized carbons (Fsp3) is 0.636. The number of rotatable bonds is 4. The minimum absolute atomic E-state index is 0.0940. The smallest absolute Gasteiger partial charge is 0.194 e. The van der Waals surface area contributed by atoms with E-state index < -0.39 is 9.84 Å². The number of nitrogens with zero attached hydrogens (tertiary/aromatic N) is 1. The van der Waals surface area contributed by atoms with E-state index in [1.54, 1.807) is 0 Å². The average molecular weight is 257 g/mol. The largest absolute Gasteiger partial charge is 0.445 e. The lowest BCUT2D eigenvalue weighted by Gasteiger charge is -2.20. The molecule has 6 heteroatoms. The minimum Gasteiger partial charge on any atom is -0.445 e. The Morgan fingerprint density at radius 2 is 2.35 bits per heavy atom. The number of aldehydes is 1. The monoisotopic (exact) mass is 257 g/mol. The Labute approximate surface area is 100 Å². The molecule has 0 aromatic carbocycles. The van der Waals surface area contributed by atoms with Crippen LogP contribution in [-0.2, 0) is 27.5 Å². The van der Waals surface area contributed by atoms with E-state index in [-0.39, 0.29) is 18.1 Å². The lowest BCUT2D eigenvalue weighted by atomic mass is 10.0. The maximum atomic E-state index is 11.5. The van der Waals surface area contributed by atoms with Gasteiger partial charge < -0.3 is 9.21 Å². The molecule has 94 valence electrons. The Kier molecular flexibility index (Phi) is 3.61. The van der Waals surface area contributed by atoms with Crippen LogP contribution < -0.4 is 0 Å². The van der Waals surface area contributed by atoms with Crippen molar-refractivity contribution in [3.8, 4) is 0 Å². The molecule has 1 aliphatic rings. The molecule has 5 nitrogen and oxygen atoms in total. The predicted molar refractivity (Wildman–Crippen MR) is 61.4 cm³/mol. The van der Waals surface area contributed by atoms with E-state index in [4.69, 9.17) is 4.42 Å². The number of hydrogen-bond donors (Lipinski definition) is 0. The first kappa shape index (κ1) is 12.3. The van der Waals surface area contributed by atoms with E-state index in [9.17, 15) is 13.2 Å². The molecule has 1 atom stereocenters. The molecule has 1 saturated heterocycles. The van der Waals surface area contributed by atoms with Crippen LogP contribution in [0.15, 0.2) is 10.6 Å². The Balaban J connectivity index is 1.97. The van der Waals surface area contributed by atoms with Crippen LogP contribution in [0, 0.1) is 5.92 Å². The summed E-state index contributed by atoms with van der Waals surface area (Å²) in [5.74, 6) is 1.68. The molecule has 0 aliphatic carbocycles. The van der Waals surface area contributed by atoms with Crippen LogP contribution in [0.2, 0.25) is 0 Å². The molecule has 1 aliphatic heterocycles. The molecule has 1 aromatic heterocycles. The molecule has 0 N–H and O–H groups in total. The van der Waals surface area contributed by atoms with Crippen LogP contribution in [0.1, 0.15) is 24.5 Å². The molecule has 0 amide bonds. The molecular formula is C11H15NO4S. The van der Waals surface area contributed by atoms with Crippen molar-refractivity contribution in [2.24, 2.45) is 5.92 Å². The van der Waals surface area contributed by atoms with Gasteiger partial charge in [-0.15, -0.1) is 0 Å².